The van der Waals surface area contributed by atoms with Gasteiger partial charge in [-0.2, -0.15) is 0 Å². The fraction of sp³-hybridized carbons (Fsp3) is 0.364. The van der Waals surface area contributed by atoms with Crippen molar-refractivity contribution >= 4 is 17.3 Å². The molecule has 1 aliphatic heterocycles. The maximum absolute atomic E-state index is 11.7. The molecule has 0 saturated carbocycles. The highest BCUT2D eigenvalue weighted by molar-refractivity contribution is 7.09. The number of ether oxygens (including phenoxy) is 3. The molecule has 158 valence electrons. The van der Waals surface area contributed by atoms with E-state index in [1.165, 1.54) is 11.3 Å². The molecule has 1 unspecified atom stereocenters. The van der Waals surface area contributed by atoms with Gasteiger partial charge in [0.15, 0.2) is 0 Å². The van der Waals surface area contributed by atoms with Crippen molar-refractivity contribution in [1.29, 1.82) is 0 Å². The van der Waals surface area contributed by atoms with Crippen molar-refractivity contribution in [2.24, 2.45) is 0 Å². The van der Waals surface area contributed by atoms with E-state index in [1.807, 2.05) is 41.1 Å². The van der Waals surface area contributed by atoms with Crippen LogP contribution in [0.3, 0.4) is 0 Å². The number of thiazole rings is 1. The minimum atomic E-state index is -0.932. The molecular formula is C22H24N2O5S. The number of nitrogens with zero attached hydrogens (tertiary/aromatic N) is 2. The number of rotatable bonds is 8. The third-order valence-electron chi connectivity index (χ3n) is 5.24. The Balaban J connectivity index is 1.53. The van der Waals surface area contributed by atoms with Gasteiger partial charge >= 0.3 is 5.97 Å². The highest BCUT2D eigenvalue weighted by Crippen LogP contribution is 2.30. The number of carboxylic acid groups (broad SMARTS) is 1. The summed E-state index contributed by atoms with van der Waals surface area (Å²) in [6.07, 6.45) is 2.13. The molecule has 1 aromatic carbocycles. The van der Waals surface area contributed by atoms with E-state index < -0.39 is 5.97 Å². The van der Waals surface area contributed by atoms with Crippen molar-refractivity contribution in [2.75, 3.05) is 13.7 Å². The Kier molecular flexibility index (Phi) is 6.06. The van der Waals surface area contributed by atoms with Gasteiger partial charge in [0.25, 0.3) is 0 Å². The molecule has 3 heterocycles. The zero-order chi connectivity index (χ0) is 21.1. The zero-order valence-corrected chi connectivity index (χ0v) is 17.8. The lowest BCUT2D eigenvalue weighted by molar-refractivity contribution is 0.0694. The lowest BCUT2D eigenvalue weighted by Gasteiger charge is -2.15. The molecule has 0 radical (unpaired) electrons. The topological polar surface area (TPSA) is 82.8 Å². The van der Waals surface area contributed by atoms with Gasteiger partial charge in [-0.3, -0.25) is 0 Å². The molecule has 1 aliphatic rings. The first-order valence-electron chi connectivity index (χ1n) is 9.82. The molecular weight excluding hydrogens is 404 g/mol. The van der Waals surface area contributed by atoms with Crippen molar-refractivity contribution in [3.05, 3.63) is 52.0 Å². The molecule has 7 nitrogen and oxygen atoms in total. The van der Waals surface area contributed by atoms with Crippen LogP contribution < -0.4 is 9.47 Å². The van der Waals surface area contributed by atoms with E-state index in [2.05, 4.69) is 0 Å². The number of hydrogen-bond donors (Lipinski definition) is 1. The molecule has 0 amide bonds. The van der Waals surface area contributed by atoms with Crippen LogP contribution in [0.2, 0.25) is 0 Å². The summed E-state index contributed by atoms with van der Waals surface area (Å²) in [4.78, 5) is 16.4. The number of carbonyl (C=O) groups is 1. The number of benzene rings is 1. The average Bonchev–Trinajstić information content (AvgIpc) is 3.49. The number of hydrogen-bond acceptors (Lipinski definition) is 6. The van der Waals surface area contributed by atoms with E-state index in [0.717, 1.165) is 53.0 Å². The van der Waals surface area contributed by atoms with Crippen LogP contribution in [0.1, 0.15) is 33.9 Å². The van der Waals surface area contributed by atoms with Crippen molar-refractivity contribution in [2.45, 2.75) is 39.0 Å². The fourth-order valence-corrected chi connectivity index (χ4v) is 4.31. The van der Waals surface area contributed by atoms with Crippen molar-refractivity contribution in [3.63, 3.8) is 0 Å². The predicted octanol–water partition coefficient (Wildman–Crippen LogP) is 4.38. The minimum Gasteiger partial charge on any atom is -0.497 e. The van der Waals surface area contributed by atoms with Gasteiger partial charge in [0.05, 0.1) is 30.2 Å². The van der Waals surface area contributed by atoms with E-state index in [0.29, 0.717) is 18.7 Å². The molecule has 1 saturated heterocycles. The Morgan fingerprint density at radius 2 is 2.10 bits per heavy atom. The third kappa shape index (κ3) is 4.34. The summed E-state index contributed by atoms with van der Waals surface area (Å²) in [7, 11) is 1.62. The molecule has 1 atom stereocenters. The van der Waals surface area contributed by atoms with Crippen LogP contribution in [-0.4, -0.2) is 40.4 Å². The first kappa shape index (κ1) is 20.4. The van der Waals surface area contributed by atoms with Gasteiger partial charge in [-0.1, -0.05) is 0 Å². The Labute approximate surface area is 178 Å². The van der Waals surface area contributed by atoms with E-state index in [4.69, 9.17) is 19.2 Å². The summed E-state index contributed by atoms with van der Waals surface area (Å²) in [5.41, 5.74) is 2.57. The number of aromatic carboxylic acids is 1. The van der Waals surface area contributed by atoms with Crippen molar-refractivity contribution in [3.8, 4) is 22.9 Å². The summed E-state index contributed by atoms with van der Waals surface area (Å²) >= 11 is 1.49. The van der Waals surface area contributed by atoms with Gasteiger partial charge < -0.3 is 23.9 Å². The molecule has 4 rings (SSSR count). The average molecular weight is 429 g/mol. The first-order chi connectivity index (χ1) is 14.5. The van der Waals surface area contributed by atoms with Crippen LogP contribution in [0.4, 0.5) is 0 Å². The molecule has 3 aromatic rings. The SMILES string of the molecule is COc1ccc(OCc2nc(-c3cc(C(=O)O)c(C)n3CC3CCCO3)cs2)cc1. The van der Waals surface area contributed by atoms with E-state index >= 15 is 0 Å². The van der Waals surface area contributed by atoms with Crippen LogP contribution in [0.25, 0.3) is 11.4 Å². The minimum absolute atomic E-state index is 0.105. The standard InChI is InChI=1S/C22H24N2O5S/c1-14-18(22(25)26)10-20(24(14)11-17-4-3-9-28-17)19-13-30-21(23-19)12-29-16-7-5-15(27-2)6-8-16/h5-8,10,13,17H,3-4,9,11-12H2,1-2H3,(H,25,26). The highest BCUT2D eigenvalue weighted by Gasteiger charge is 2.23. The van der Waals surface area contributed by atoms with Crippen LogP contribution in [0, 0.1) is 6.92 Å². The lowest BCUT2D eigenvalue weighted by atomic mass is 10.2. The Bertz CT molecular complexity index is 1020. The molecule has 30 heavy (non-hydrogen) atoms. The molecule has 1 fully saturated rings. The van der Waals surface area contributed by atoms with Crippen LogP contribution in [0.15, 0.2) is 35.7 Å². The number of methoxy groups -OCH3 is 1. The maximum atomic E-state index is 11.7. The summed E-state index contributed by atoms with van der Waals surface area (Å²) in [5, 5.41) is 12.3. The van der Waals surface area contributed by atoms with Crippen molar-refractivity contribution < 1.29 is 24.1 Å². The smallest absolute Gasteiger partial charge is 0.337 e. The van der Waals surface area contributed by atoms with Crippen LogP contribution >= 0.6 is 11.3 Å². The normalized spacial score (nSPS) is 16.0. The quantitative estimate of drug-likeness (QED) is 0.573. The van der Waals surface area contributed by atoms with E-state index in [1.54, 1.807) is 13.2 Å². The Morgan fingerprint density at radius 1 is 1.33 bits per heavy atom. The van der Waals surface area contributed by atoms with E-state index in [-0.39, 0.29) is 6.10 Å². The predicted molar refractivity (Wildman–Crippen MR) is 114 cm³/mol. The summed E-state index contributed by atoms with van der Waals surface area (Å²) in [6, 6.07) is 9.09. The van der Waals surface area contributed by atoms with Gasteiger partial charge in [0.2, 0.25) is 0 Å². The second-order valence-electron chi connectivity index (χ2n) is 7.17. The Hall–Kier alpha value is -2.84. The van der Waals surface area contributed by atoms with Gasteiger partial charge in [-0.15, -0.1) is 11.3 Å². The lowest BCUT2D eigenvalue weighted by Crippen LogP contribution is -2.17. The van der Waals surface area contributed by atoms with Crippen LogP contribution in [-0.2, 0) is 17.9 Å². The maximum Gasteiger partial charge on any atom is 0.337 e. The number of carboxylic acids is 1. The summed E-state index contributed by atoms with van der Waals surface area (Å²) in [5.74, 6) is 0.576. The van der Waals surface area contributed by atoms with Crippen LogP contribution in [0.5, 0.6) is 11.5 Å². The largest absolute Gasteiger partial charge is 0.497 e. The number of aromatic nitrogens is 2. The van der Waals surface area contributed by atoms with Gasteiger partial charge in [-0.05, 0) is 50.1 Å². The van der Waals surface area contributed by atoms with E-state index in [9.17, 15) is 9.90 Å². The van der Waals surface area contributed by atoms with Crippen molar-refractivity contribution in [1.82, 2.24) is 9.55 Å². The molecule has 1 N–H and O–H groups in total. The second-order valence-corrected chi connectivity index (χ2v) is 8.11. The second kappa shape index (κ2) is 8.89. The molecule has 0 bridgehead atoms. The van der Waals surface area contributed by atoms with Gasteiger partial charge in [0.1, 0.15) is 23.1 Å². The monoisotopic (exact) mass is 428 g/mol. The summed E-state index contributed by atoms with van der Waals surface area (Å²) in [6.45, 7) is 3.56. The molecule has 8 heteroatoms. The van der Waals surface area contributed by atoms with Gasteiger partial charge in [-0.25, -0.2) is 9.78 Å². The first-order valence-corrected chi connectivity index (χ1v) is 10.7. The Morgan fingerprint density at radius 3 is 2.77 bits per heavy atom. The summed E-state index contributed by atoms with van der Waals surface area (Å²) < 4.78 is 18.8. The fourth-order valence-electron chi connectivity index (χ4n) is 3.61. The zero-order valence-electron chi connectivity index (χ0n) is 17.0. The highest BCUT2D eigenvalue weighted by atomic mass is 32.1. The molecule has 0 aliphatic carbocycles. The van der Waals surface area contributed by atoms with Gasteiger partial charge in [0, 0.05) is 24.2 Å². The third-order valence-corrected chi connectivity index (χ3v) is 6.07. The molecule has 0 spiro atoms. The molecule has 2 aromatic heterocycles.